The van der Waals surface area contributed by atoms with E-state index >= 15 is 0 Å². The number of cyclic esters (lactones) is 1. The molecule has 1 aliphatic rings. The predicted molar refractivity (Wildman–Crippen MR) is 49.6 cm³/mol. The van der Waals surface area contributed by atoms with Gasteiger partial charge in [0, 0.05) is 0 Å². The molecule has 1 rings (SSSR count). The van der Waals surface area contributed by atoms with E-state index in [1.54, 1.807) is 0 Å². The Morgan fingerprint density at radius 3 is 3.00 bits per heavy atom. The van der Waals surface area contributed by atoms with Crippen LogP contribution in [0.15, 0.2) is 0 Å². The SMILES string of the molecule is CCCCOC(=O)CC1CCOC1=O. The maximum absolute atomic E-state index is 11.2. The van der Waals surface area contributed by atoms with Gasteiger partial charge in [0.05, 0.1) is 25.6 Å². The third-order valence-corrected chi connectivity index (χ3v) is 2.22. The number of unbranched alkanes of at least 4 members (excludes halogenated alkanes) is 1. The molecule has 4 heteroatoms. The van der Waals surface area contributed by atoms with Crippen molar-refractivity contribution in [2.45, 2.75) is 32.6 Å². The van der Waals surface area contributed by atoms with Crippen LogP contribution in [-0.4, -0.2) is 25.2 Å². The largest absolute Gasteiger partial charge is 0.466 e. The first-order chi connectivity index (χ1) is 6.74. The minimum atomic E-state index is -0.290. The van der Waals surface area contributed by atoms with E-state index in [0.717, 1.165) is 12.8 Å². The van der Waals surface area contributed by atoms with Gasteiger partial charge in [-0.25, -0.2) is 0 Å². The van der Waals surface area contributed by atoms with Gasteiger partial charge < -0.3 is 9.47 Å². The first-order valence-electron chi connectivity index (χ1n) is 5.06. The van der Waals surface area contributed by atoms with Crippen molar-refractivity contribution in [3.63, 3.8) is 0 Å². The summed E-state index contributed by atoms with van der Waals surface area (Å²) in [5, 5.41) is 0. The van der Waals surface area contributed by atoms with E-state index in [2.05, 4.69) is 0 Å². The molecule has 0 N–H and O–H groups in total. The molecule has 0 aromatic rings. The summed E-state index contributed by atoms with van der Waals surface area (Å²) in [6.45, 7) is 2.92. The molecule has 0 amide bonds. The van der Waals surface area contributed by atoms with E-state index < -0.39 is 0 Å². The highest BCUT2D eigenvalue weighted by Gasteiger charge is 2.29. The average molecular weight is 200 g/mol. The first kappa shape index (κ1) is 11.0. The van der Waals surface area contributed by atoms with Crippen molar-refractivity contribution < 1.29 is 19.1 Å². The van der Waals surface area contributed by atoms with Crippen LogP contribution in [0, 0.1) is 5.92 Å². The lowest BCUT2D eigenvalue weighted by molar-refractivity contribution is -0.150. The average Bonchev–Trinajstić information content (AvgIpc) is 2.52. The molecule has 1 saturated heterocycles. The van der Waals surface area contributed by atoms with Gasteiger partial charge in [-0.15, -0.1) is 0 Å². The lowest BCUT2D eigenvalue weighted by atomic mass is 10.1. The normalized spacial score (nSPS) is 20.6. The molecule has 0 aliphatic carbocycles. The Balaban J connectivity index is 2.16. The molecule has 1 aliphatic heterocycles. The Morgan fingerprint density at radius 1 is 1.64 bits per heavy atom. The number of ether oxygens (including phenoxy) is 2. The summed E-state index contributed by atoms with van der Waals surface area (Å²) in [4.78, 5) is 22.2. The number of hydrogen-bond acceptors (Lipinski definition) is 4. The summed E-state index contributed by atoms with van der Waals surface area (Å²) < 4.78 is 9.69. The predicted octanol–water partition coefficient (Wildman–Crippen LogP) is 1.28. The Kier molecular flexibility index (Phi) is 4.43. The fourth-order valence-electron chi connectivity index (χ4n) is 1.31. The molecule has 0 aromatic heterocycles. The lowest BCUT2D eigenvalue weighted by Gasteiger charge is -2.05. The van der Waals surface area contributed by atoms with Crippen molar-refractivity contribution in [3.8, 4) is 0 Å². The van der Waals surface area contributed by atoms with Gasteiger partial charge >= 0.3 is 11.9 Å². The summed E-state index contributed by atoms with van der Waals surface area (Å²) in [7, 11) is 0. The molecular formula is C10H16O4. The van der Waals surface area contributed by atoms with Crippen LogP contribution >= 0.6 is 0 Å². The Hall–Kier alpha value is -1.06. The highest BCUT2D eigenvalue weighted by Crippen LogP contribution is 2.18. The summed E-state index contributed by atoms with van der Waals surface area (Å²) in [6, 6.07) is 0. The standard InChI is InChI=1S/C10H16O4/c1-2-3-5-13-9(11)7-8-4-6-14-10(8)12/h8H,2-7H2,1H3. The third-order valence-electron chi connectivity index (χ3n) is 2.22. The first-order valence-corrected chi connectivity index (χ1v) is 5.06. The van der Waals surface area contributed by atoms with Crippen molar-refractivity contribution >= 4 is 11.9 Å². The topological polar surface area (TPSA) is 52.6 Å². The molecular weight excluding hydrogens is 184 g/mol. The zero-order valence-corrected chi connectivity index (χ0v) is 8.45. The van der Waals surface area contributed by atoms with E-state index in [4.69, 9.17) is 9.47 Å². The molecule has 1 atom stereocenters. The molecule has 4 nitrogen and oxygen atoms in total. The number of carbonyl (C=O) groups excluding carboxylic acids is 2. The van der Waals surface area contributed by atoms with Gasteiger partial charge in [0.15, 0.2) is 0 Å². The van der Waals surface area contributed by atoms with Crippen LogP contribution in [0.5, 0.6) is 0 Å². The van der Waals surface area contributed by atoms with E-state index in [1.807, 2.05) is 6.92 Å². The smallest absolute Gasteiger partial charge is 0.309 e. The molecule has 0 saturated carbocycles. The second kappa shape index (κ2) is 5.62. The molecule has 0 radical (unpaired) electrons. The van der Waals surface area contributed by atoms with Crippen LogP contribution in [0.25, 0.3) is 0 Å². The molecule has 0 spiro atoms. The van der Waals surface area contributed by atoms with Crippen LogP contribution in [0.3, 0.4) is 0 Å². The van der Waals surface area contributed by atoms with Crippen LogP contribution in [0.4, 0.5) is 0 Å². The molecule has 0 aromatic carbocycles. The Bertz CT molecular complexity index is 212. The van der Waals surface area contributed by atoms with Gasteiger partial charge in [0.2, 0.25) is 0 Å². The van der Waals surface area contributed by atoms with Crippen LogP contribution in [-0.2, 0) is 19.1 Å². The molecule has 1 unspecified atom stereocenters. The quantitative estimate of drug-likeness (QED) is 0.495. The zero-order valence-electron chi connectivity index (χ0n) is 8.45. The second-order valence-electron chi connectivity index (χ2n) is 3.43. The molecule has 80 valence electrons. The van der Waals surface area contributed by atoms with Crippen LogP contribution in [0.1, 0.15) is 32.6 Å². The van der Waals surface area contributed by atoms with Crippen molar-refractivity contribution in [1.29, 1.82) is 0 Å². The second-order valence-corrected chi connectivity index (χ2v) is 3.43. The van der Waals surface area contributed by atoms with Crippen molar-refractivity contribution in [2.75, 3.05) is 13.2 Å². The third kappa shape index (κ3) is 3.36. The fourth-order valence-corrected chi connectivity index (χ4v) is 1.31. The highest BCUT2D eigenvalue weighted by atomic mass is 16.5. The molecule has 1 heterocycles. The van der Waals surface area contributed by atoms with Gasteiger partial charge in [-0.05, 0) is 12.8 Å². The number of esters is 2. The van der Waals surface area contributed by atoms with Gasteiger partial charge in [-0.3, -0.25) is 9.59 Å². The van der Waals surface area contributed by atoms with Crippen molar-refractivity contribution in [2.24, 2.45) is 5.92 Å². The van der Waals surface area contributed by atoms with Gasteiger partial charge in [0.25, 0.3) is 0 Å². The van der Waals surface area contributed by atoms with E-state index in [-0.39, 0.29) is 24.3 Å². The summed E-state index contributed by atoms with van der Waals surface area (Å²) in [5.41, 5.74) is 0. The summed E-state index contributed by atoms with van der Waals surface area (Å²) >= 11 is 0. The summed E-state index contributed by atoms with van der Waals surface area (Å²) in [5.74, 6) is -0.830. The minimum Gasteiger partial charge on any atom is -0.466 e. The maximum Gasteiger partial charge on any atom is 0.309 e. The molecule has 0 bridgehead atoms. The fraction of sp³-hybridized carbons (Fsp3) is 0.800. The Morgan fingerprint density at radius 2 is 2.43 bits per heavy atom. The van der Waals surface area contributed by atoms with Crippen LogP contribution < -0.4 is 0 Å². The lowest BCUT2D eigenvalue weighted by Crippen LogP contribution is -2.15. The maximum atomic E-state index is 11.2. The van der Waals surface area contributed by atoms with Crippen LogP contribution in [0.2, 0.25) is 0 Å². The van der Waals surface area contributed by atoms with Gasteiger partial charge in [-0.1, -0.05) is 13.3 Å². The monoisotopic (exact) mass is 200 g/mol. The highest BCUT2D eigenvalue weighted by molar-refractivity contribution is 5.80. The van der Waals surface area contributed by atoms with Crippen molar-refractivity contribution in [3.05, 3.63) is 0 Å². The molecule has 1 fully saturated rings. The number of rotatable bonds is 5. The van der Waals surface area contributed by atoms with Crippen molar-refractivity contribution in [1.82, 2.24) is 0 Å². The summed E-state index contributed by atoms with van der Waals surface area (Å²) in [6.07, 6.45) is 2.68. The molecule has 14 heavy (non-hydrogen) atoms. The van der Waals surface area contributed by atoms with Gasteiger partial charge in [-0.2, -0.15) is 0 Å². The minimum absolute atomic E-state index is 0.169. The van der Waals surface area contributed by atoms with E-state index in [1.165, 1.54) is 0 Å². The van der Waals surface area contributed by atoms with Gasteiger partial charge in [0.1, 0.15) is 0 Å². The number of hydrogen-bond donors (Lipinski definition) is 0. The zero-order chi connectivity index (χ0) is 10.4. The number of carbonyl (C=O) groups is 2. The Labute approximate surface area is 83.6 Å². The van der Waals surface area contributed by atoms with E-state index in [9.17, 15) is 9.59 Å². The van der Waals surface area contributed by atoms with E-state index in [0.29, 0.717) is 19.6 Å².